The predicted molar refractivity (Wildman–Crippen MR) is 156 cm³/mol. The van der Waals surface area contributed by atoms with Gasteiger partial charge in [-0.2, -0.15) is 0 Å². The van der Waals surface area contributed by atoms with Crippen LogP contribution < -0.4 is 16.2 Å². The predicted octanol–water partition coefficient (Wildman–Crippen LogP) is 4.92. The fourth-order valence-corrected chi connectivity index (χ4v) is 6.71. The van der Waals surface area contributed by atoms with E-state index in [4.69, 9.17) is 28.6 Å². The zero-order valence-electron chi connectivity index (χ0n) is 22.0. The minimum atomic E-state index is -0.239. The first-order chi connectivity index (χ1) is 19.4. The van der Waals surface area contributed by atoms with Crippen LogP contribution in [0.15, 0.2) is 69.8 Å². The number of piperidine rings is 1. The molecule has 11 heteroatoms. The SMILES string of the molecule is [C-]#[N+]c1cccc(Cn2cnc3ccc(Sc4cnc(N5CCC6(CC5)CO[C@@H](C)[C@H]6N)cn4)c(Cl)c3c2=O)c1. The van der Waals surface area contributed by atoms with Crippen LogP contribution >= 0.6 is 23.4 Å². The van der Waals surface area contributed by atoms with Crippen LogP contribution in [-0.4, -0.2) is 51.4 Å². The van der Waals surface area contributed by atoms with Gasteiger partial charge in [-0.05, 0) is 37.5 Å². The van der Waals surface area contributed by atoms with Crippen LogP contribution in [0, 0.1) is 12.0 Å². The van der Waals surface area contributed by atoms with Crippen molar-refractivity contribution in [1.82, 2.24) is 19.5 Å². The first-order valence-electron chi connectivity index (χ1n) is 13.1. The number of nitrogens with two attached hydrogens (primary N) is 1. The molecule has 2 fully saturated rings. The monoisotopic (exact) mass is 573 g/mol. The maximum Gasteiger partial charge on any atom is 0.263 e. The average Bonchev–Trinajstić information content (AvgIpc) is 3.25. The van der Waals surface area contributed by atoms with Crippen molar-refractivity contribution in [2.75, 3.05) is 24.6 Å². The average molecular weight is 574 g/mol. The Morgan fingerprint density at radius 1 is 1.20 bits per heavy atom. The molecule has 2 aromatic heterocycles. The molecule has 0 bridgehead atoms. The molecule has 40 heavy (non-hydrogen) atoms. The van der Waals surface area contributed by atoms with Gasteiger partial charge in [0.25, 0.3) is 5.56 Å². The molecule has 2 atom stereocenters. The molecule has 2 saturated heterocycles. The zero-order valence-corrected chi connectivity index (χ0v) is 23.5. The molecule has 2 aliphatic heterocycles. The van der Waals surface area contributed by atoms with E-state index in [1.54, 1.807) is 36.7 Å². The molecule has 2 N–H and O–H groups in total. The van der Waals surface area contributed by atoms with E-state index in [0.717, 1.165) is 43.9 Å². The van der Waals surface area contributed by atoms with Crippen LogP contribution in [-0.2, 0) is 11.3 Å². The molecule has 6 rings (SSSR count). The molecule has 0 saturated carbocycles. The first-order valence-corrected chi connectivity index (χ1v) is 14.3. The third-order valence-electron chi connectivity index (χ3n) is 8.05. The maximum atomic E-state index is 13.4. The van der Waals surface area contributed by atoms with Gasteiger partial charge < -0.3 is 15.4 Å². The van der Waals surface area contributed by atoms with E-state index in [-0.39, 0.29) is 23.1 Å². The van der Waals surface area contributed by atoms with Crippen LogP contribution in [0.5, 0.6) is 0 Å². The third kappa shape index (κ3) is 4.95. The van der Waals surface area contributed by atoms with Gasteiger partial charge in [-0.3, -0.25) is 9.36 Å². The fraction of sp³-hybridized carbons (Fsp3) is 0.345. The van der Waals surface area contributed by atoms with Gasteiger partial charge in [0.15, 0.2) is 5.69 Å². The van der Waals surface area contributed by atoms with Crippen molar-refractivity contribution in [3.05, 3.63) is 87.5 Å². The Hall–Kier alpha value is -3.49. The number of aromatic nitrogens is 4. The molecule has 9 nitrogen and oxygen atoms in total. The minimum absolute atomic E-state index is 0.0567. The smallest absolute Gasteiger partial charge is 0.263 e. The number of anilines is 1. The van der Waals surface area contributed by atoms with E-state index in [1.807, 2.05) is 12.1 Å². The topological polar surface area (TPSA) is 104 Å². The molecule has 2 aliphatic rings. The van der Waals surface area contributed by atoms with Gasteiger partial charge in [-0.1, -0.05) is 47.6 Å². The molecule has 4 heterocycles. The Balaban J connectivity index is 1.18. The van der Waals surface area contributed by atoms with Crippen molar-refractivity contribution in [2.45, 2.75) is 48.4 Å². The largest absolute Gasteiger partial charge is 0.376 e. The number of nitrogens with zero attached hydrogens (tertiary/aromatic N) is 6. The third-order valence-corrected chi connectivity index (χ3v) is 9.53. The number of ether oxygens (including phenoxy) is 1. The van der Waals surface area contributed by atoms with Gasteiger partial charge in [0.2, 0.25) is 0 Å². The van der Waals surface area contributed by atoms with E-state index >= 15 is 0 Å². The Morgan fingerprint density at radius 3 is 2.73 bits per heavy atom. The fourth-order valence-electron chi connectivity index (χ4n) is 5.59. The number of rotatable bonds is 5. The Morgan fingerprint density at radius 2 is 2.02 bits per heavy atom. The van der Waals surface area contributed by atoms with Gasteiger partial charge in [-0.25, -0.2) is 19.8 Å². The van der Waals surface area contributed by atoms with E-state index < -0.39 is 0 Å². The second-order valence-corrected chi connectivity index (χ2v) is 11.9. The first kappa shape index (κ1) is 26.7. The molecule has 4 aromatic rings. The van der Waals surface area contributed by atoms with Gasteiger partial charge in [0, 0.05) is 29.4 Å². The van der Waals surface area contributed by atoms with Crippen molar-refractivity contribution >= 4 is 45.8 Å². The summed E-state index contributed by atoms with van der Waals surface area (Å²) in [6.07, 6.45) is 7.09. The Labute approximate surface area is 241 Å². The second-order valence-electron chi connectivity index (χ2n) is 10.4. The Bertz CT molecular complexity index is 1660. The molecule has 0 radical (unpaired) electrons. The lowest BCUT2D eigenvalue weighted by Gasteiger charge is -2.41. The van der Waals surface area contributed by atoms with Crippen LogP contribution in [0.3, 0.4) is 0 Å². The maximum absolute atomic E-state index is 13.4. The Kier molecular flexibility index (Phi) is 7.23. The van der Waals surface area contributed by atoms with E-state index in [9.17, 15) is 4.79 Å². The summed E-state index contributed by atoms with van der Waals surface area (Å²) in [5.41, 5.74) is 8.16. The summed E-state index contributed by atoms with van der Waals surface area (Å²) in [5, 5.41) is 1.37. The standard InChI is InChI=1S/C29H28ClN7O2S/c1-18-27(31)29(16-39-18)8-10-36(11-9-29)23-13-34-24(14-33-23)40-22-7-6-21-25(26(22)30)28(38)37(17-35-21)15-19-4-3-5-20(12-19)32-2/h3-7,12-14,17-18,27H,8-11,15-16,31H2,1H3/t18-,27+/m0/s1. The molecule has 0 aliphatic carbocycles. The summed E-state index contributed by atoms with van der Waals surface area (Å²) in [4.78, 5) is 33.5. The zero-order chi connectivity index (χ0) is 27.9. The number of hydrogen-bond acceptors (Lipinski definition) is 8. The van der Waals surface area contributed by atoms with Crippen molar-refractivity contribution in [3.63, 3.8) is 0 Å². The van der Waals surface area contributed by atoms with Crippen LogP contribution in [0.1, 0.15) is 25.3 Å². The molecule has 0 unspecified atom stereocenters. The summed E-state index contributed by atoms with van der Waals surface area (Å²) in [7, 11) is 0. The molecular weight excluding hydrogens is 546 g/mol. The number of hydrogen-bond donors (Lipinski definition) is 1. The summed E-state index contributed by atoms with van der Waals surface area (Å²) < 4.78 is 7.35. The number of benzene rings is 2. The summed E-state index contributed by atoms with van der Waals surface area (Å²) in [5.74, 6) is 0.832. The molecule has 0 amide bonds. The van der Waals surface area contributed by atoms with Crippen molar-refractivity contribution < 1.29 is 4.74 Å². The lowest BCUT2D eigenvalue weighted by molar-refractivity contribution is 0.0974. The lowest BCUT2D eigenvalue weighted by atomic mass is 9.73. The van der Waals surface area contributed by atoms with Gasteiger partial charge in [0.1, 0.15) is 10.8 Å². The van der Waals surface area contributed by atoms with Crippen molar-refractivity contribution in [1.29, 1.82) is 0 Å². The van der Waals surface area contributed by atoms with Crippen molar-refractivity contribution in [3.8, 4) is 0 Å². The summed E-state index contributed by atoms with van der Waals surface area (Å²) in [6, 6.07) is 10.9. The highest BCUT2D eigenvalue weighted by atomic mass is 35.5. The van der Waals surface area contributed by atoms with Crippen LogP contribution in [0.2, 0.25) is 5.02 Å². The van der Waals surface area contributed by atoms with Crippen LogP contribution in [0.4, 0.5) is 11.5 Å². The lowest BCUT2D eigenvalue weighted by Crippen LogP contribution is -2.50. The van der Waals surface area contributed by atoms with Gasteiger partial charge in [0.05, 0.1) is 60.5 Å². The molecule has 204 valence electrons. The molecular formula is C29H28ClN7O2S. The van der Waals surface area contributed by atoms with E-state index in [2.05, 4.69) is 31.6 Å². The highest BCUT2D eigenvalue weighted by Gasteiger charge is 2.47. The van der Waals surface area contributed by atoms with Gasteiger partial charge in [-0.15, -0.1) is 0 Å². The highest BCUT2D eigenvalue weighted by Crippen LogP contribution is 2.42. The minimum Gasteiger partial charge on any atom is -0.376 e. The molecule has 1 spiro atoms. The summed E-state index contributed by atoms with van der Waals surface area (Å²) >= 11 is 8.12. The number of fused-ring (bicyclic) bond motifs is 1. The van der Waals surface area contributed by atoms with E-state index in [1.165, 1.54) is 22.7 Å². The normalized spacial score (nSPS) is 20.2. The van der Waals surface area contributed by atoms with Crippen molar-refractivity contribution in [2.24, 2.45) is 11.1 Å². The van der Waals surface area contributed by atoms with E-state index in [0.29, 0.717) is 38.1 Å². The van der Waals surface area contributed by atoms with Gasteiger partial charge >= 0.3 is 0 Å². The highest BCUT2D eigenvalue weighted by molar-refractivity contribution is 7.99. The molecule has 2 aromatic carbocycles. The number of halogens is 1. The quantitative estimate of drug-likeness (QED) is 0.335. The summed E-state index contributed by atoms with van der Waals surface area (Å²) in [6.45, 7) is 12.0. The van der Waals surface area contributed by atoms with Crippen LogP contribution in [0.25, 0.3) is 15.7 Å². The second kappa shape index (κ2) is 10.8.